The Morgan fingerprint density at radius 3 is 2.37 bits per heavy atom. The van der Waals surface area contributed by atoms with E-state index in [-0.39, 0.29) is 12.5 Å². The first-order valence-electron chi connectivity index (χ1n) is 6.61. The van der Waals surface area contributed by atoms with Gasteiger partial charge in [-0.05, 0) is 13.3 Å². The van der Waals surface area contributed by atoms with Crippen LogP contribution in [0.4, 0.5) is 11.6 Å². The van der Waals surface area contributed by atoms with Crippen LogP contribution in [0.3, 0.4) is 0 Å². The van der Waals surface area contributed by atoms with Gasteiger partial charge < -0.3 is 15.5 Å². The Labute approximate surface area is 114 Å². The summed E-state index contributed by atoms with van der Waals surface area (Å²) in [6.07, 6.45) is 3.39. The molecule has 0 aromatic carbocycles. The van der Waals surface area contributed by atoms with Crippen molar-refractivity contribution in [2.45, 2.75) is 26.7 Å². The maximum atomic E-state index is 11.6. The number of hydrogen-bond acceptors (Lipinski definition) is 5. The van der Waals surface area contributed by atoms with Gasteiger partial charge in [-0.1, -0.05) is 13.3 Å². The van der Waals surface area contributed by atoms with E-state index in [0.717, 1.165) is 36.6 Å². The second-order valence-corrected chi connectivity index (χ2v) is 4.47. The lowest BCUT2D eigenvalue weighted by Gasteiger charge is -2.15. The smallest absolute Gasteiger partial charge is 0.241 e. The number of carbonyl (C=O) groups excluding carboxylic acids is 1. The van der Waals surface area contributed by atoms with E-state index in [4.69, 9.17) is 0 Å². The average molecular weight is 265 g/mol. The van der Waals surface area contributed by atoms with Crippen molar-refractivity contribution in [3.05, 3.63) is 11.9 Å². The van der Waals surface area contributed by atoms with E-state index >= 15 is 0 Å². The lowest BCUT2D eigenvalue weighted by molar-refractivity contribution is -0.126. The van der Waals surface area contributed by atoms with Gasteiger partial charge in [-0.25, -0.2) is 9.97 Å². The maximum Gasteiger partial charge on any atom is 0.241 e. The van der Waals surface area contributed by atoms with Gasteiger partial charge in [-0.15, -0.1) is 0 Å². The van der Waals surface area contributed by atoms with Gasteiger partial charge in [0.05, 0.1) is 6.54 Å². The Balaban J connectivity index is 2.86. The summed E-state index contributed by atoms with van der Waals surface area (Å²) in [6.45, 7) is 5.19. The van der Waals surface area contributed by atoms with Crippen LogP contribution in [-0.2, 0) is 11.2 Å². The summed E-state index contributed by atoms with van der Waals surface area (Å²) in [6, 6.07) is 0. The number of carbonyl (C=O) groups is 1. The van der Waals surface area contributed by atoms with E-state index in [1.807, 2.05) is 6.92 Å². The fraction of sp³-hybridized carbons (Fsp3) is 0.615. The van der Waals surface area contributed by atoms with E-state index in [0.29, 0.717) is 0 Å². The minimum absolute atomic E-state index is 0.0195. The number of rotatable bonds is 7. The number of likely N-dealkylation sites (N-methyl/N-ethyl adjacent to an activating group) is 1. The Hall–Kier alpha value is -1.85. The van der Waals surface area contributed by atoms with Gasteiger partial charge in [0, 0.05) is 26.2 Å². The molecule has 0 saturated carbocycles. The molecule has 1 heterocycles. The van der Waals surface area contributed by atoms with Gasteiger partial charge in [0.15, 0.2) is 0 Å². The third-order valence-electron chi connectivity index (χ3n) is 2.70. The molecule has 1 rings (SSSR count). The zero-order chi connectivity index (χ0) is 14.3. The SMILES string of the molecule is CCCc1c(NCC)ncnc1NCC(=O)N(C)C. The Morgan fingerprint density at radius 1 is 1.21 bits per heavy atom. The minimum atomic E-state index is 0.0195. The van der Waals surface area contributed by atoms with Crippen LogP contribution in [0.1, 0.15) is 25.8 Å². The van der Waals surface area contributed by atoms with Crippen molar-refractivity contribution in [3.63, 3.8) is 0 Å². The summed E-state index contributed by atoms with van der Waals surface area (Å²) in [5.41, 5.74) is 1.04. The molecule has 2 N–H and O–H groups in total. The van der Waals surface area contributed by atoms with Crippen molar-refractivity contribution in [1.82, 2.24) is 14.9 Å². The number of hydrogen-bond donors (Lipinski definition) is 2. The second kappa shape index (κ2) is 7.56. The van der Waals surface area contributed by atoms with Gasteiger partial charge in [0.2, 0.25) is 5.91 Å². The fourth-order valence-corrected chi connectivity index (χ4v) is 1.69. The molecule has 0 fully saturated rings. The summed E-state index contributed by atoms with van der Waals surface area (Å²) in [7, 11) is 3.47. The number of nitrogens with one attached hydrogen (secondary N) is 2. The first-order valence-corrected chi connectivity index (χ1v) is 6.61. The Bertz CT molecular complexity index is 419. The van der Waals surface area contributed by atoms with Crippen molar-refractivity contribution in [2.24, 2.45) is 0 Å². The molecule has 19 heavy (non-hydrogen) atoms. The molecule has 0 spiro atoms. The lowest BCUT2D eigenvalue weighted by atomic mass is 10.1. The van der Waals surface area contributed by atoms with Crippen molar-refractivity contribution < 1.29 is 4.79 Å². The van der Waals surface area contributed by atoms with Gasteiger partial charge >= 0.3 is 0 Å². The minimum Gasteiger partial charge on any atom is -0.370 e. The molecule has 0 bridgehead atoms. The lowest BCUT2D eigenvalue weighted by Crippen LogP contribution is -2.29. The van der Waals surface area contributed by atoms with Crippen molar-refractivity contribution >= 4 is 17.5 Å². The monoisotopic (exact) mass is 265 g/mol. The van der Waals surface area contributed by atoms with Gasteiger partial charge in [0.25, 0.3) is 0 Å². The first-order chi connectivity index (χ1) is 9.10. The Kier molecular flexibility index (Phi) is 6.05. The molecular weight excluding hydrogens is 242 g/mol. The molecule has 106 valence electrons. The van der Waals surface area contributed by atoms with Gasteiger partial charge in [-0.2, -0.15) is 0 Å². The van der Waals surface area contributed by atoms with Crippen molar-refractivity contribution in [2.75, 3.05) is 37.8 Å². The van der Waals surface area contributed by atoms with Crippen LogP contribution in [0.2, 0.25) is 0 Å². The molecule has 1 aromatic heterocycles. The van der Waals surface area contributed by atoms with Gasteiger partial charge in [-0.3, -0.25) is 4.79 Å². The van der Waals surface area contributed by atoms with E-state index in [9.17, 15) is 4.79 Å². The molecule has 0 radical (unpaired) electrons. The summed E-state index contributed by atoms with van der Waals surface area (Å²) in [4.78, 5) is 21.6. The summed E-state index contributed by atoms with van der Waals surface area (Å²) in [5, 5.41) is 6.32. The highest BCUT2D eigenvalue weighted by molar-refractivity contribution is 5.80. The first kappa shape index (κ1) is 15.2. The quantitative estimate of drug-likeness (QED) is 0.779. The predicted octanol–water partition coefficient (Wildman–Crippen LogP) is 1.36. The second-order valence-electron chi connectivity index (χ2n) is 4.47. The highest BCUT2D eigenvalue weighted by Gasteiger charge is 2.11. The molecule has 0 atom stereocenters. The molecule has 0 saturated heterocycles. The number of amides is 1. The van der Waals surface area contributed by atoms with Crippen molar-refractivity contribution in [1.29, 1.82) is 0 Å². The van der Waals surface area contributed by atoms with E-state index in [2.05, 4.69) is 27.5 Å². The molecule has 0 aliphatic heterocycles. The molecule has 6 nitrogen and oxygen atoms in total. The standard InChI is InChI=1S/C13H23N5O/c1-5-7-10-12(14-6-2)16-9-17-13(10)15-8-11(19)18(3)4/h9H,5-8H2,1-4H3,(H2,14,15,16,17). The molecule has 0 unspecified atom stereocenters. The van der Waals surface area contributed by atoms with E-state index in [1.165, 1.54) is 6.33 Å². The summed E-state index contributed by atoms with van der Waals surface area (Å²) >= 11 is 0. The molecule has 1 aromatic rings. The highest BCUT2D eigenvalue weighted by Crippen LogP contribution is 2.21. The summed E-state index contributed by atoms with van der Waals surface area (Å²) < 4.78 is 0. The van der Waals surface area contributed by atoms with Crippen LogP contribution in [-0.4, -0.2) is 48.0 Å². The third-order valence-corrected chi connectivity index (χ3v) is 2.70. The number of anilines is 2. The Morgan fingerprint density at radius 2 is 1.84 bits per heavy atom. The average Bonchev–Trinajstić information content (AvgIpc) is 2.39. The predicted molar refractivity (Wildman–Crippen MR) is 77.4 cm³/mol. The van der Waals surface area contributed by atoms with Crippen LogP contribution in [0.25, 0.3) is 0 Å². The zero-order valence-electron chi connectivity index (χ0n) is 12.2. The topological polar surface area (TPSA) is 70.1 Å². The third kappa shape index (κ3) is 4.39. The number of aromatic nitrogens is 2. The van der Waals surface area contributed by atoms with E-state index in [1.54, 1.807) is 19.0 Å². The number of nitrogens with zero attached hydrogens (tertiary/aromatic N) is 3. The molecule has 0 aliphatic rings. The molecular formula is C13H23N5O. The van der Waals surface area contributed by atoms with Crippen LogP contribution < -0.4 is 10.6 Å². The summed E-state index contributed by atoms with van der Waals surface area (Å²) in [5.74, 6) is 1.60. The fourth-order valence-electron chi connectivity index (χ4n) is 1.69. The highest BCUT2D eigenvalue weighted by atomic mass is 16.2. The normalized spacial score (nSPS) is 10.1. The van der Waals surface area contributed by atoms with Crippen LogP contribution in [0.15, 0.2) is 6.33 Å². The van der Waals surface area contributed by atoms with Crippen molar-refractivity contribution in [3.8, 4) is 0 Å². The maximum absolute atomic E-state index is 11.6. The van der Waals surface area contributed by atoms with Crippen LogP contribution in [0.5, 0.6) is 0 Å². The van der Waals surface area contributed by atoms with Gasteiger partial charge in [0.1, 0.15) is 18.0 Å². The van der Waals surface area contributed by atoms with Crippen LogP contribution >= 0.6 is 0 Å². The molecule has 1 amide bonds. The molecule has 6 heteroatoms. The van der Waals surface area contributed by atoms with E-state index < -0.39 is 0 Å². The zero-order valence-corrected chi connectivity index (χ0v) is 12.2. The molecule has 0 aliphatic carbocycles. The largest absolute Gasteiger partial charge is 0.370 e. The van der Waals surface area contributed by atoms with Crippen LogP contribution in [0, 0.1) is 0 Å².